The van der Waals surface area contributed by atoms with E-state index in [4.69, 9.17) is 9.47 Å². The predicted molar refractivity (Wildman–Crippen MR) is 94.1 cm³/mol. The maximum absolute atomic E-state index is 12.7. The monoisotopic (exact) mass is 353 g/mol. The van der Waals surface area contributed by atoms with Crippen LogP contribution in [0.5, 0.6) is 17.5 Å². The average molecular weight is 353 g/mol. The van der Waals surface area contributed by atoms with Crippen LogP contribution in [0.4, 0.5) is 5.95 Å². The minimum Gasteiger partial charge on any atom is -0.481 e. The van der Waals surface area contributed by atoms with Crippen LogP contribution >= 0.6 is 0 Å². The SMILES string of the molecule is COc1cc(Oc2ccccc2)nc(N2Cc3ccccc3S2=O)n1. The van der Waals surface area contributed by atoms with Crippen LogP contribution in [0.15, 0.2) is 65.6 Å². The van der Waals surface area contributed by atoms with Crippen LogP contribution in [0.25, 0.3) is 0 Å². The second kappa shape index (κ2) is 6.52. The maximum Gasteiger partial charge on any atom is 0.244 e. The molecule has 1 unspecified atom stereocenters. The first-order valence-corrected chi connectivity index (χ1v) is 8.78. The number of anilines is 1. The number of nitrogens with zero attached hydrogens (tertiary/aromatic N) is 3. The van der Waals surface area contributed by atoms with Crippen molar-refractivity contribution in [2.75, 3.05) is 11.4 Å². The Hall–Kier alpha value is -2.93. The Morgan fingerprint density at radius 2 is 1.72 bits per heavy atom. The molecule has 1 aliphatic heterocycles. The number of aromatic nitrogens is 2. The number of hydrogen-bond donors (Lipinski definition) is 0. The first-order valence-electron chi connectivity index (χ1n) is 7.68. The third-order valence-corrected chi connectivity index (χ3v) is 5.21. The molecule has 7 heteroatoms. The topological polar surface area (TPSA) is 64.6 Å². The first-order chi connectivity index (χ1) is 12.2. The van der Waals surface area contributed by atoms with Gasteiger partial charge in [0.2, 0.25) is 17.7 Å². The van der Waals surface area contributed by atoms with Gasteiger partial charge < -0.3 is 9.47 Å². The van der Waals surface area contributed by atoms with Gasteiger partial charge in [-0.25, -0.2) is 4.21 Å². The van der Waals surface area contributed by atoms with Crippen LogP contribution in [0, 0.1) is 0 Å². The van der Waals surface area contributed by atoms with Crippen molar-refractivity contribution in [1.29, 1.82) is 0 Å². The number of fused-ring (bicyclic) bond motifs is 1. The Balaban J connectivity index is 1.68. The van der Waals surface area contributed by atoms with E-state index in [0.29, 0.717) is 30.0 Å². The minimum absolute atomic E-state index is 0.305. The fourth-order valence-electron chi connectivity index (χ4n) is 2.55. The molecule has 0 saturated carbocycles. The van der Waals surface area contributed by atoms with Gasteiger partial charge in [-0.3, -0.25) is 4.31 Å². The second-order valence-corrected chi connectivity index (χ2v) is 6.74. The molecule has 1 atom stereocenters. The highest BCUT2D eigenvalue weighted by Crippen LogP contribution is 2.32. The van der Waals surface area contributed by atoms with Crippen LogP contribution in [-0.4, -0.2) is 21.3 Å². The minimum atomic E-state index is -1.35. The lowest BCUT2D eigenvalue weighted by Gasteiger charge is -2.15. The van der Waals surface area contributed by atoms with E-state index in [0.717, 1.165) is 10.5 Å². The molecule has 0 spiro atoms. The van der Waals surface area contributed by atoms with E-state index in [9.17, 15) is 4.21 Å². The molecule has 6 nitrogen and oxygen atoms in total. The summed E-state index contributed by atoms with van der Waals surface area (Å²) in [6, 6.07) is 18.5. The van der Waals surface area contributed by atoms with E-state index in [1.165, 1.54) is 7.11 Å². The van der Waals surface area contributed by atoms with E-state index >= 15 is 0 Å². The van der Waals surface area contributed by atoms with Gasteiger partial charge in [-0.15, -0.1) is 0 Å². The summed E-state index contributed by atoms with van der Waals surface area (Å²) in [5.74, 6) is 1.64. The second-order valence-electron chi connectivity index (χ2n) is 5.36. The van der Waals surface area contributed by atoms with E-state index in [1.54, 1.807) is 10.4 Å². The van der Waals surface area contributed by atoms with Gasteiger partial charge in [0, 0.05) is 0 Å². The Morgan fingerprint density at radius 1 is 1.00 bits per heavy atom. The molecule has 126 valence electrons. The van der Waals surface area contributed by atoms with E-state index in [1.807, 2.05) is 54.6 Å². The zero-order chi connectivity index (χ0) is 17.2. The van der Waals surface area contributed by atoms with Gasteiger partial charge in [0.15, 0.2) is 11.0 Å². The molecule has 3 aromatic rings. The van der Waals surface area contributed by atoms with Crippen LogP contribution in [0.3, 0.4) is 0 Å². The van der Waals surface area contributed by atoms with Crippen molar-refractivity contribution >= 4 is 16.9 Å². The zero-order valence-electron chi connectivity index (χ0n) is 13.5. The van der Waals surface area contributed by atoms with Crippen molar-refractivity contribution < 1.29 is 13.7 Å². The first kappa shape index (κ1) is 15.6. The molecular weight excluding hydrogens is 338 g/mol. The molecule has 0 amide bonds. The number of hydrogen-bond acceptors (Lipinski definition) is 5. The van der Waals surface area contributed by atoms with Crippen LogP contribution in [0.1, 0.15) is 5.56 Å². The van der Waals surface area contributed by atoms with Crippen LogP contribution < -0.4 is 13.8 Å². The van der Waals surface area contributed by atoms with Crippen molar-refractivity contribution in [2.24, 2.45) is 0 Å². The zero-order valence-corrected chi connectivity index (χ0v) is 14.3. The fourth-order valence-corrected chi connectivity index (χ4v) is 3.83. The van der Waals surface area contributed by atoms with Gasteiger partial charge in [-0.2, -0.15) is 9.97 Å². The Morgan fingerprint density at radius 3 is 2.48 bits per heavy atom. The Bertz CT molecular complexity index is 934. The maximum atomic E-state index is 12.7. The van der Waals surface area contributed by atoms with E-state index in [-0.39, 0.29) is 0 Å². The summed E-state index contributed by atoms with van der Waals surface area (Å²) < 4.78 is 25.4. The summed E-state index contributed by atoms with van der Waals surface area (Å²) in [6.45, 7) is 0.473. The summed E-state index contributed by atoms with van der Waals surface area (Å²) in [7, 11) is 0.168. The molecule has 0 radical (unpaired) electrons. The summed E-state index contributed by atoms with van der Waals surface area (Å²) in [5, 5.41) is 0. The molecule has 4 rings (SSSR count). The molecule has 0 aliphatic carbocycles. The van der Waals surface area contributed by atoms with Gasteiger partial charge in [0.25, 0.3) is 0 Å². The van der Waals surface area contributed by atoms with Crippen molar-refractivity contribution in [1.82, 2.24) is 9.97 Å². The van der Waals surface area contributed by atoms with E-state index < -0.39 is 11.0 Å². The molecule has 2 aromatic carbocycles. The Labute approximate surface area is 147 Å². The Kier molecular flexibility index (Phi) is 4.07. The van der Waals surface area contributed by atoms with Crippen molar-refractivity contribution in [3.8, 4) is 17.5 Å². The van der Waals surface area contributed by atoms with Crippen molar-refractivity contribution in [3.63, 3.8) is 0 Å². The largest absolute Gasteiger partial charge is 0.481 e. The number of rotatable bonds is 4. The lowest BCUT2D eigenvalue weighted by atomic mass is 10.2. The lowest BCUT2D eigenvalue weighted by molar-refractivity contribution is 0.388. The number of ether oxygens (including phenoxy) is 2. The summed E-state index contributed by atoms with van der Waals surface area (Å²) in [6.07, 6.45) is 0. The third-order valence-electron chi connectivity index (χ3n) is 3.74. The van der Waals surface area contributed by atoms with Gasteiger partial charge >= 0.3 is 0 Å². The smallest absolute Gasteiger partial charge is 0.244 e. The number of benzene rings is 2. The molecule has 1 aliphatic rings. The molecule has 0 saturated heterocycles. The molecule has 25 heavy (non-hydrogen) atoms. The third kappa shape index (κ3) is 3.06. The predicted octanol–water partition coefficient (Wildman–Crippen LogP) is 3.32. The molecule has 0 fully saturated rings. The van der Waals surface area contributed by atoms with Gasteiger partial charge in [0.05, 0.1) is 24.6 Å². The molecular formula is C18H15N3O3S. The number of methoxy groups -OCH3 is 1. The average Bonchev–Trinajstić information content (AvgIpc) is 2.99. The van der Waals surface area contributed by atoms with E-state index in [2.05, 4.69) is 9.97 Å². The van der Waals surface area contributed by atoms with Crippen molar-refractivity contribution in [3.05, 3.63) is 66.2 Å². The van der Waals surface area contributed by atoms with Gasteiger partial charge in [-0.1, -0.05) is 36.4 Å². The summed E-state index contributed by atoms with van der Waals surface area (Å²) in [4.78, 5) is 9.52. The van der Waals surface area contributed by atoms with Gasteiger partial charge in [0.1, 0.15) is 5.75 Å². The highest BCUT2D eigenvalue weighted by atomic mass is 32.2. The van der Waals surface area contributed by atoms with Crippen LogP contribution in [-0.2, 0) is 17.5 Å². The standard InChI is InChI=1S/C18H15N3O3S/c1-23-16-11-17(24-14-8-3-2-4-9-14)20-18(19-16)21-12-13-7-5-6-10-15(13)25(21)22/h2-11H,12H2,1H3. The molecule has 0 bridgehead atoms. The normalized spacial score (nSPS) is 15.7. The quantitative estimate of drug-likeness (QED) is 0.720. The fraction of sp³-hybridized carbons (Fsp3) is 0.111. The molecule has 1 aromatic heterocycles. The molecule has 2 heterocycles. The lowest BCUT2D eigenvalue weighted by Crippen LogP contribution is -2.21. The number of para-hydroxylation sites is 1. The summed E-state index contributed by atoms with van der Waals surface area (Å²) >= 11 is 0. The summed E-state index contributed by atoms with van der Waals surface area (Å²) in [5.41, 5.74) is 0.998. The van der Waals surface area contributed by atoms with Gasteiger partial charge in [-0.05, 0) is 23.8 Å². The van der Waals surface area contributed by atoms with Crippen molar-refractivity contribution in [2.45, 2.75) is 11.4 Å². The highest BCUT2D eigenvalue weighted by Gasteiger charge is 2.29. The van der Waals surface area contributed by atoms with Crippen LogP contribution in [0.2, 0.25) is 0 Å². The molecule has 0 N–H and O–H groups in total. The highest BCUT2D eigenvalue weighted by molar-refractivity contribution is 7.86.